The van der Waals surface area contributed by atoms with Gasteiger partial charge in [-0.05, 0) is 63.3 Å². The molecule has 1 N–H and O–H groups in total. The van der Waals surface area contributed by atoms with Crippen LogP contribution in [-0.2, 0) is 12.8 Å². The second kappa shape index (κ2) is 5.78. The highest BCUT2D eigenvalue weighted by atomic mass is 79.9. The molecule has 3 rings (SSSR count). The molecule has 0 radical (unpaired) electrons. The quantitative estimate of drug-likeness (QED) is 0.862. The van der Waals surface area contributed by atoms with Crippen LogP contribution < -0.4 is 5.32 Å². The van der Waals surface area contributed by atoms with Gasteiger partial charge in [0.1, 0.15) is 0 Å². The number of thiophene rings is 1. The highest BCUT2D eigenvalue weighted by molar-refractivity contribution is 9.10. The first-order valence-corrected chi connectivity index (χ1v) is 8.55. The summed E-state index contributed by atoms with van der Waals surface area (Å²) in [6.45, 7) is 3.20. The highest BCUT2D eigenvalue weighted by Crippen LogP contribution is 2.38. The first-order chi connectivity index (χ1) is 9.29. The van der Waals surface area contributed by atoms with Crippen LogP contribution in [0.4, 0.5) is 0 Å². The van der Waals surface area contributed by atoms with E-state index >= 15 is 0 Å². The molecule has 1 aromatic heterocycles. The van der Waals surface area contributed by atoms with Gasteiger partial charge in [0.15, 0.2) is 0 Å². The van der Waals surface area contributed by atoms with E-state index in [0.29, 0.717) is 12.0 Å². The monoisotopic (exact) mass is 335 g/mol. The summed E-state index contributed by atoms with van der Waals surface area (Å²) in [5.74, 6) is 0.670. The van der Waals surface area contributed by atoms with Crippen LogP contribution in [0.2, 0.25) is 0 Å². The Morgan fingerprint density at radius 1 is 1.26 bits per heavy atom. The topological polar surface area (TPSA) is 12.0 Å². The van der Waals surface area contributed by atoms with Crippen molar-refractivity contribution in [1.29, 1.82) is 0 Å². The molecule has 0 fully saturated rings. The maximum Gasteiger partial charge on any atom is 0.0374 e. The molecule has 1 unspecified atom stereocenters. The minimum atomic E-state index is 0.457. The maximum atomic E-state index is 3.69. The van der Waals surface area contributed by atoms with Crippen molar-refractivity contribution in [3.63, 3.8) is 0 Å². The smallest absolute Gasteiger partial charge is 0.0374 e. The number of fused-ring (bicyclic) bond motifs is 1. The molecule has 100 valence electrons. The summed E-state index contributed by atoms with van der Waals surface area (Å²) in [6, 6.07) is 9.33. The molecule has 1 aliphatic rings. The molecule has 1 heterocycles. The van der Waals surface area contributed by atoms with Crippen LogP contribution in [0.1, 0.15) is 29.7 Å². The summed E-state index contributed by atoms with van der Waals surface area (Å²) in [6.07, 6.45) is 2.38. The van der Waals surface area contributed by atoms with Crippen molar-refractivity contribution >= 4 is 27.3 Å². The molecular formula is C16H18BrNS. The van der Waals surface area contributed by atoms with Gasteiger partial charge in [-0.15, -0.1) is 0 Å². The van der Waals surface area contributed by atoms with Gasteiger partial charge >= 0.3 is 0 Å². The minimum absolute atomic E-state index is 0.457. The first-order valence-electron chi connectivity index (χ1n) is 6.81. The van der Waals surface area contributed by atoms with Gasteiger partial charge in [-0.2, -0.15) is 11.3 Å². The van der Waals surface area contributed by atoms with E-state index in [1.807, 2.05) is 0 Å². The van der Waals surface area contributed by atoms with Gasteiger partial charge in [0.2, 0.25) is 0 Å². The summed E-state index contributed by atoms with van der Waals surface area (Å²) >= 11 is 5.47. The zero-order chi connectivity index (χ0) is 13.2. The van der Waals surface area contributed by atoms with Crippen LogP contribution in [0, 0.1) is 5.92 Å². The fraction of sp³-hybridized carbons (Fsp3) is 0.375. The van der Waals surface area contributed by atoms with Gasteiger partial charge < -0.3 is 5.32 Å². The molecule has 19 heavy (non-hydrogen) atoms. The molecule has 0 spiro atoms. The van der Waals surface area contributed by atoms with Gasteiger partial charge in [-0.25, -0.2) is 0 Å². The zero-order valence-electron chi connectivity index (χ0n) is 11.0. The second-order valence-electron chi connectivity index (χ2n) is 5.15. The SMILES string of the molecule is CCNC(c1cscc1Br)C1Cc2ccccc2C1. The molecule has 1 aromatic carbocycles. The Balaban J connectivity index is 1.86. The zero-order valence-corrected chi connectivity index (χ0v) is 13.4. The van der Waals surface area contributed by atoms with E-state index in [4.69, 9.17) is 0 Å². The molecular weight excluding hydrogens is 318 g/mol. The van der Waals surface area contributed by atoms with E-state index in [1.54, 1.807) is 11.3 Å². The van der Waals surface area contributed by atoms with Crippen molar-refractivity contribution in [3.05, 3.63) is 56.2 Å². The van der Waals surface area contributed by atoms with E-state index in [2.05, 4.69) is 63.2 Å². The number of benzene rings is 1. The predicted octanol–water partition coefficient (Wildman–Crippen LogP) is 4.58. The Labute approximate surface area is 127 Å². The van der Waals surface area contributed by atoms with E-state index in [-0.39, 0.29) is 0 Å². The number of hydrogen-bond donors (Lipinski definition) is 1. The Morgan fingerprint density at radius 3 is 2.47 bits per heavy atom. The van der Waals surface area contributed by atoms with Gasteiger partial charge in [-0.3, -0.25) is 0 Å². The van der Waals surface area contributed by atoms with Gasteiger partial charge in [0, 0.05) is 15.9 Å². The van der Waals surface area contributed by atoms with Crippen molar-refractivity contribution in [1.82, 2.24) is 5.32 Å². The number of rotatable bonds is 4. The van der Waals surface area contributed by atoms with Crippen molar-refractivity contribution in [3.8, 4) is 0 Å². The molecule has 0 saturated carbocycles. The van der Waals surface area contributed by atoms with Crippen LogP contribution in [0.15, 0.2) is 39.5 Å². The van der Waals surface area contributed by atoms with E-state index in [1.165, 1.54) is 34.0 Å². The molecule has 0 saturated heterocycles. The van der Waals surface area contributed by atoms with Crippen LogP contribution >= 0.6 is 27.3 Å². The Bertz CT molecular complexity index is 538. The lowest BCUT2D eigenvalue weighted by Crippen LogP contribution is -2.28. The molecule has 1 aliphatic carbocycles. The van der Waals surface area contributed by atoms with Crippen LogP contribution in [0.5, 0.6) is 0 Å². The maximum absolute atomic E-state index is 3.69. The molecule has 1 atom stereocenters. The molecule has 3 heteroatoms. The summed E-state index contributed by atoms with van der Waals surface area (Å²) < 4.78 is 1.25. The lowest BCUT2D eigenvalue weighted by Gasteiger charge is -2.24. The van der Waals surface area contributed by atoms with Crippen LogP contribution in [-0.4, -0.2) is 6.54 Å². The van der Waals surface area contributed by atoms with Crippen LogP contribution in [0.3, 0.4) is 0 Å². The fourth-order valence-electron chi connectivity index (χ4n) is 3.09. The van der Waals surface area contributed by atoms with Crippen molar-refractivity contribution in [2.75, 3.05) is 6.54 Å². The predicted molar refractivity (Wildman–Crippen MR) is 85.8 cm³/mol. The molecule has 0 aliphatic heterocycles. The standard InChI is InChI=1S/C16H18BrNS/c1-2-18-16(14-9-19-10-15(14)17)13-7-11-5-3-4-6-12(11)8-13/h3-6,9-10,13,16,18H,2,7-8H2,1H3. The Morgan fingerprint density at radius 2 is 1.95 bits per heavy atom. The van der Waals surface area contributed by atoms with Crippen molar-refractivity contribution < 1.29 is 0 Å². The van der Waals surface area contributed by atoms with E-state index in [0.717, 1.165) is 6.54 Å². The average Bonchev–Trinajstić information content (AvgIpc) is 3.02. The Kier molecular flexibility index (Phi) is 4.06. The normalized spacial score (nSPS) is 16.5. The number of halogens is 1. The third-order valence-electron chi connectivity index (χ3n) is 3.96. The summed E-state index contributed by atoms with van der Waals surface area (Å²) in [7, 11) is 0. The molecule has 1 nitrogen and oxygen atoms in total. The lowest BCUT2D eigenvalue weighted by atomic mass is 9.92. The third-order valence-corrected chi connectivity index (χ3v) is 5.71. The van der Waals surface area contributed by atoms with Crippen molar-refractivity contribution in [2.45, 2.75) is 25.8 Å². The van der Waals surface area contributed by atoms with Crippen molar-refractivity contribution in [2.24, 2.45) is 5.92 Å². The van der Waals surface area contributed by atoms with Gasteiger partial charge in [0.25, 0.3) is 0 Å². The number of hydrogen-bond acceptors (Lipinski definition) is 2. The lowest BCUT2D eigenvalue weighted by molar-refractivity contribution is 0.380. The molecule has 0 bridgehead atoms. The summed E-state index contributed by atoms with van der Waals surface area (Å²) in [5.41, 5.74) is 4.48. The molecule has 0 amide bonds. The third kappa shape index (κ3) is 2.64. The van der Waals surface area contributed by atoms with E-state index in [9.17, 15) is 0 Å². The van der Waals surface area contributed by atoms with Gasteiger partial charge in [-0.1, -0.05) is 31.2 Å². The minimum Gasteiger partial charge on any atom is -0.310 e. The second-order valence-corrected chi connectivity index (χ2v) is 6.75. The summed E-state index contributed by atoms with van der Waals surface area (Å²) in [4.78, 5) is 0. The average molecular weight is 336 g/mol. The highest BCUT2D eigenvalue weighted by Gasteiger charge is 2.30. The molecule has 2 aromatic rings. The summed E-state index contributed by atoms with van der Waals surface area (Å²) in [5, 5.41) is 8.14. The Hall–Kier alpha value is -0.640. The largest absolute Gasteiger partial charge is 0.310 e. The van der Waals surface area contributed by atoms with Crippen LogP contribution in [0.25, 0.3) is 0 Å². The number of nitrogens with one attached hydrogen (secondary N) is 1. The fourth-order valence-corrected chi connectivity index (χ4v) is 4.67. The first kappa shape index (κ1) is 13.3. The van der Waals surface area contributed by atoms with Gasteiger partial charge in [0.05, 0.1) is 0 Å². The van der Waals surface area contributed by atoms with E-state index < -0.39 is 0 Å².